The molecule has 1 fully saturated rings. The number of rotatable bonds is 6. The number of likely N-dealkylation sites (N-methyl/N-ethyl adjacent to an activating group) is 1. The third-order valence-corrected chi connectivity index (χ3v) is 4.49. The normalized spacial score (nSPS) is 13.9. The molecule has 0 bridgehead atoms. The van der Waals surface area contributed by atoms with Crippen molar-refractivity contribution >= 4 is 47.4 Å². The van der Waals surface area contributed by atoms with Crippen molar-refractivity contribution in [1.82, 2.24) is 14.9 Å². The summed E-state index contributed by atoms with van der Waals surface area (Å²) < 4.78 is 0. The van der Waals surface area contributed by atoms with Gasteiger partial charge in [-0.25, -0.2) is 9.97 Å². The summed E-state index contributed by atoms with van der Waals surface area (Å²) in [6.07, 6.45) is 3.47. The lowest BCUT2D eigenvalue weighted by Crippen LogP contribution is -2.40. The number of halogens is 2. The molecule has 0 aliphatic carbocycles. The molecule has 0 atom stereocenters. The number of amides is 1. The fourth-order valence-electron chi connectivity index (χ4n) is 3.11. The minimum absolute atomic E-state index is 0. The van der Waals surface area contributed by atoms with Crippen molar-refractivity contribution in [2.75, 3.05) is 38.1 Å². The molecule has 1 saturated heterocycles. The fraction of sp³-hybridized carbons (Fsp3) is 0.500. The van der Waals surface area contributed by atoms with Crippen molar-refractivity contribution < 1.29 is 4.79 Å². The molecule has 0 radical (unpaired) electrons. The number of nitrogens with zero attached hydrogens (tertiary/aromatic N) is 4. The van der Waals surface area contributed by atoms with E-state index in [0.717, 1.165) is 55.0 Å². The highest BCUT2D eigenvalue weighted by Crippen LogP contribution is 2.23. The van der Waals surface area contributed by atoms with E-state index in [4.69, 9.17) is 10.7 Å². The first-order valence-corrected chi connectivity index (χ1v) is 8.63. The van der Waals surface area contributed by atoms with E-state index in [2.05, 4.69) is 9.88 Å². The summed E-state index contributed by atoms with van der Waals surface area (Å²) in [4.78, 5) is 25.3. The number of anilines is 1. The van der Waals surface area contributed by atoms with Gasteiger partial charge in [0.25, 0.3) is 0 Å². The number of para-hydroxylation sites is 1. The van der Waals surface area contributed by atoms with Gasteiger partial charge < -0.3 is 15.5 Å². The average Bonchev–Trinajstić information content (AvgIpc) is 2.60. The van der Waals surface area contributed by atoms with Crippen molar-refractivity contribution in [3.63, 3.8) is 0 Å². The Kier molecular flexibility index (Phi) is 9.05. The van der Waals surface area contributed by atoms with Gasteiger partial charge in [-0.2, -0.15) is 0 Å². The second-order valence-electron chi connectivity index (χ2n) is 6.28. The molecule has 1 aromatic heterocycles. The molecule has 0 spiro atoms. The number of hydrogen-bond acceptors (Lipinski definition) is 5. The van der Waals surface area contributed by atoms with Gasteiger partial charge in [-0.3, -0.25) is 4.79 Å². The molecule has 144 valence electrons. The number of carbonyl (C=O) groups is 1. The molecule has 26 heavy (non-hydrogen) atoms. The lowest BCUT2D eigenvalue weighted by atomic mass is 10.1. The van der Waals surface area contributed by atoms with E-state index < -0.39 is 0 Å². The lowest BCUT2D eigenvalue weighted by Gasteiger charge is -2.29. The number of piperidine rings is 1. The Labute approximate surface area is 167 Å². The van der Waals surface area contributed by atoms with Crippen molar-refractivity contribution in [2.45, 2.75) is 25.7 Å². The maximum Gasteiger partial charge on any atom is 0.222 e. The molecule has 1 amide bonds. The van der Waals surface area contributed by atoms with Crippen LogP contribution in [0.5, 0.6) is 0 Å². The fourth-order valence-corrected chi connectivity index (χ4v) is 3.11. The Balaban J connectivity index is 0.00000169. The monoisotopic (exact) mass is 399 g/mol. The molecule has 1 aliphatic rings. The molecule has 0 saturated carbocycles. The summed E-state index contributed by atoms with van der Waals surface area (Å²) in [5, 5.41) is 1.03. The van der Waals surface area contributed by atoms with Crippen molar-refractivity contribution in [3.05, 3.63) is 30.1 Å². The van der Waals surface area contributed by atoms with Crippen LogP contribution in [0, 0.1) is 0 Å². The Morgan fingerprint density at radius 3 is 2.69 bits per heavy atom. The standard InChI is InChI=1S/C18H25N5O.2ClH/c1-22(12-13-23-11-5-4-8-17(23)24)18-14-6-2-3-7-15(14)20-16(21-18)9-10-19;;/h2-3,6-7H,4-5,8-13,19H2,1H3;2*1H. The molecule has 1 aromatic carbocycles. The number of benzene rings is 1. The summed E-state index contributed by atoms with van der Waals surface area (Å²) in [7, 11) is 2.02. The predicted molar refractivity (Wildman–Crippen MR) is 110 cm³/mol. The number of likely N-dealkylation sites (tertiary alicyclic amines) is 1. The predicted octanol–water partition coefficient (Wildman–Crippen LogP) is 2.42. The van der Waals surface area contributed by atoms with Crippen LogP contribution in [0.3, 0.4) is 0 Å². The average molecular weight is 400 g/mol. The van der Waals surface area contributed by atoms with Crippen LogP contribution >= 0.6 is 24.8 Å². The zero-order valence-electron chi connectivity index (χ0n) is 15.1. The lowest BCUT2D eigenvalue weighted by molar-refractivity contribution is -0.133. The van der Waals surface area contributed by atoms with Gasteiger partial charge >= 0.3 is 0 Å². The summed E-state index contributed by atoms with van der Waals surface area (Å²) in [6, 6.07) is 8.03. The molecule has 0 unspecified atom stereocenters. The molecular weight excluding hydrogens is 373 g/mol. The zero-order chi connectivity index (χ0) is 16.9. The topological polar surface area (TPSA) is 75.3 Å². The molecule has 2 aromatic rings. The van der Waals surface area contributed by atoms with Gasteiger partial charge in [-0.05, 0) is 31.5 Å². The second-order valence-corrected chi connectivity index (χ2v) is 6.28. The largest absolute Gasteiger partial charge is 0.357 e. The van der Waals surface area contributed by atoms with Gasteiger partial charge in [0.05, 0.1) is 5.52 Å². The first-order chi connectivity index (χ1) is 11.7. The smallest absolute Gasteiger partial charge is 0.222 e. The van der Waals surface area contributed by atoms with E-state index in [0.29, 0.717) is 19.4 Å². The van der Waals surface area contributed by atoms with Gasteiger partial charge in [-0.15, -0.1) is 24.8 Å². The molecule has 2 heterocycles. The van der Waals surface area contributed by atoms with Crippen LogP contribution in [0.25, 0.3) is 10.9 Å². The third-order valence-electron chi connectivity index (χ3n) is 4.49. The molecule has 6 nitrogen and oxygen atoms in total. The summed E-state index contributed by atoms with van der Waals surface area (Å²) in [5.74, 6) is 1.95. The van der Waals surface area contributed by atoms with Crippen LogP contribution in [0.4, 0.5) is 5.82 Å². The quantitative estimate of drug-likeness (QED) is 0.806. The summed E-state index contributed by atoms with van der Waals surface area (Å²) in [5.41, 5.74) is 6.60. The van der Waals surface area contributed by atoms with E-state index in [1.807, 2.05) is 36.2 Å². The highest BCUT2D eigenvalue weighted by molar-refractivity contribution is 5.89. The number of fused-ring (bicyclic) bond motifs is 1. The summed E-state index contributed by atoms with van der Waals surface area (Å²) in [6.45, 7) is 2.90. The third kappa shape index (κ3) is 5.19. The number of aromatic nitrogens is 2. The summed E-state index contributed by atoms with van der Waals surface area (Å²) >= 11 is 0. The zero-order valence-corrected chi connectivity index (χ0v) is 16.7. The Morgan fingerprint density at radius 2 is 1.96 bits per heavy atom. The Morgan fingerprint density at radius 1 is 1.19 bits per heavy atom. The Bertz CT molecular complexity index is 728. The molecular formula is C18H27Cl2N5O. The molecule has 3 rings (SSSR count). The van der Waals surface area contributed by atoms with Crippen LogP contribution in [0.2, 0.25) is 0 Å². The van der Waals surface area contributed by atoms with Gasteiger partial charge in [0, 0.05) is 44.9 Å². The van der Waals surface area contributed by atoms with E-state index >= 15 is 0 Å². The van der Waals surface area contributed by atoms with Gasteiger partial charge in [0.15, 0.2) is 0 Å². The number of hydrogen-bond donors (Lipinski definition) is 1. The minimum atomic E-state index is 0. The van der Waals surface area contributed by atoms with E-state index in [-0.39, 0.29) is 30.7 Å². The maximum atomic E-state index is 12.0. The van der Waals surface area contributed by atoms with Gasteiger partial charge in [0.1, 0.15) is 11.6 Å². The van der Waals surface area contributed by atoms with Crippen molar-refractivity contribution in [1.29, 1.82) is 0 Å². The van der Waals surface area contributed by atoms with E-state index in [9.17, 15) is 4.79 Å². The first-order valence-electron chi connectivity index (χ1n) is 8.63. The molecule has 2 N–H and O–H groups in total. The van der Waals surface area contributed by atoms with Crippen LogP contribution < -0.4 is 10.6 Å². The van der Waals surface area contributed by atoms with Gasteiger partial charge in [0.2, 0.25) is 5.91 Å². The molecule has 1 aliphatic heterocycles. The van der Waals surface area contributed by atoms with Gasteiger partial charge in [-0.1, -0.05) is 12.1 Å². The maximum absolute atomic E-state index is 12.0. The number of nitrogens with two attached hydrogens (primary N) is 1. The van der Waals surface area contributed by atoms with Crippen LogP contribution in [-0.2, 0) is 11.2 Å². The van der Waals surface area contributed by atoms with Crippen LogP contribution in [0.15, 0.2) is 24.3 Å². The number of carbonyl (C=O) groups excluding carboxylic acids is 1. The van der Waals surface area contributed by atoms with Crippen LogP contribution in [0.1, 0.15) is 25.1 Å². The SMILES string of the molecule is CN(CCN1CCCCC1=O)c1nc(CCN)nc2ccccc12.Cl.Cl. The highest BCUT2D eigenvalue weighted by atomic mass is 35.5. The van der Waals surface area contributed by atoms with Crippen LogP contribution in [-0.4, -0.2) is 54.0 Å². The van der Waals surface area contributed by atoms with Crippen molar-refractivity contribution in [3.8, 4) is 0 Å². The first kappa shape index (κ1) is 22.4. The van der Waals surface area contributed by atoms with Crippen molar-refractivity contribution in [2.24, 2.45) is 5.73 Å². The highest BCUT2D eigenvalue weighted by Gasteiger charge is 2.19. The van der Waals surface area contributed by atoms with E-state index in [1.165, 1.54) is 0 Å². The molecule has 8 heteroatoms. The second kappa shape index (κ2) is 10.5. The Hall–Kier alpha value is -1.63. The van der Waals surface area contributed by atoms with E-state index in [1.54, 1.807) is 0 Å². The minimum Gasteiger partial charge on any atom is -0.357 e.